The summed E-state index contributed by atoms with van der Waals surface area (Å²) in [6.45, 7) is 0. The highest BCUT2D eigenvalue weighted by molar-refractivity contribution is 6.36. The SMILES string of the molecule is O=C(Cc1c(Cl)cccc1Cl)c1cnc2ccccc2n1. The molecule has 0 aliphatic rings. The van der Waals surface area contributed by atoms with Gasteiger partial charge < -0.3 is 0 Å². The van der Waals surface area contributed by atoms with Crippen molar-refractivity contribution in [1.82, 2.24) is 9.97 Å². The highest BCUT2D eigenvalue weighted by Gasteiger charge is 2.14. The highest BCUT2D eigenvalue weighted by atomic mass is 35.5. The smallest absolute Gasteiger partial charge is 0.187 e. The van der Waals surface area contributed by atoms with E-state index in [1.807, 2.05) is 24.3 Å². The molecule has 0 saturated heterocycles. The van der Waals surface area contributed by atoms with Crippen molar-refractivity contribution in [3.05, 3.63) is 70.0 Å². The molecule has 0 unspecified atom stereocenters. The molecule has 0 radical (unpaired) electrons. The van der Waals surface area contributed by atoms with Crippen molar-refractivity contribution >= 4 is 40.0 Å². The molecule has 0 bridgehead atoms. The normalized spacial score (nSPS) is 10.8. The molecule has 104 valence electrons. The summed E-state index contributed by atoms with van der Waals surface area (Å²) in [5.41, 5.74) is 2.36. The first-order chi connectivity index (χ1) is 10.1. The fraction of sp³-hybridized carbons (Fsp3) is 0.0625. The predicted octanol–water partition coefficient (Wildman–Crippen LogP) is 4.36. The van der Waals surface area contributed by atoms with E-state index in [9.17, 15) is 4.79 Å². The number of fused-ring (bicyclic) bond motifs is 1. The molecule has 0 fully saturated rings. The third kappa shape index (κ3) is 2.89. The first kappa shape index (κ1) is 14.0. The van der Waals surface area contributed by atoms with Crippen molar-refractivity contribution in [2.75, 3.05) is 0 Å². The van der Waals surface area contributed by atoms with Gasteiger partial charge in [-0.1, -0.05) is 41.4 Å². The third-order valence-corrected chi connectivity index (χ3v) is 3.84. The summed E-state index contributed by atoms with van der Waals surface area (Å²) in [7, 11) is 0. The molecule has 0 aliphatic heterocycles. The Morgan fingerprint density at radius 3 is 2.33 bits per heavy atom. The molecule has 0 saturated carbocycles. The molecule has 0 atom stereocenters. The summed E-state index contributed by atoms with van der Waals surface area (Å²) in [6.07, 6.45) is 1.58. The number of Topliss-reactive ketones (excluding diaryl/α,β-unsaturated/α-hetero) is 1. The first-order valence-electron chi connectivity index (χ1n) is 6.33. The highest BCUT2D eigenvalue weighted by Crippen LogP contribution is 2.25. The lowest BCUT2D eigenvalue weighted by atomic mass is 10.1. The Morgan fingerprint density at radius 2 is 1.62 bits per heavy atom. The Hall–Kier alpha value is -1.97. The fourth-order valence-electron chi connectivity index (χ4n) is 2.04. The van der Waals surface area contributed by atoms with Crippen LogP contribution in [0.2, 0.25) is 10.0 Å². The number of hydrogen-bond acceptors (Lipinski definition) is 3. The number of rotatable bonds is 3. The van der Waals surface area contributed by atoms with Crippen molar-refractivity contribution in [3.8, 4) is 0 Å². The van der Waals surface area contributed by atoms with Crippen LogP contribution in [0.15, 0.2) is 48.7 Å². The van der Waals surface area contributed by atoms with Crippen LogP contribution in [0, 0.1) is 0 Å². The van der Waals surface area contributed by atoms with Crippen molar-refractivity contribution in [3.63, 3.8) is 0 Å². The predicted molar refractivity (Wildman–Crippen MR) is 84.0 cm³/mol. The summed E-state index contributed by atoms with van der Waals surface area (Å²) >= 11 is 12.2. The minimum atomic E-state index is -0.164. The molecule has 3 rings (SSSR count). The maximum atomic E-state index is 12.3. The number of benzene rings is 2. The zero-order valence-electron chi connectivity index (χ0n) is 10.9. The van der Waals surface area contributed by atoms with Crippen molar-refractivity contribution < 1.29 is 4.79 Å². The molecular weight excluding hydrogens is 307 g/mol. The van der Waals surface area contributed by atoms with E-state index in [-0.39, 0.29) is 12.2 Å². The fourth-order valence-corrected chi connectivity index (χ4v) is 2.57. The minimum absolute atomic E-state index is 0.103. The van der Waals surface area contributed by atoms with Gasteiger partial charge in [-0.3, -0.25) is 9.78 Å². The number of aromatic nitrogens is 2. The summed E-state index contributed by atoms with van der Waals surface area (Å²) in [5.74, 6) is -0.164. The van der Waals surface area contributed by atoms with E-state index in [1.165, 1.54) is 6.20 Å². The van der Waals surface area contributed by atoms with Crippen LogP contribution in [0.25, 0.3) is 11.0 Å². The van der Waals surface area contributed by atoms with Crippen LogP contribution in [-0.4, -0.2) is 15.8 Å². The number of halogens is 2. The van der Waals surface area contributed by atoms with Crippen molar-refractivity contribution in [2.24, 2.45) is 0 Å². The molecule has 3 aromatic rings. The summed E-state index contributed by atoms with van der Waals surface area (Å²) < 4.78 is 0. The van der Waals surface area contributed by atoms with E-state index in [2.05, 4.69) is 9.97 Å². The third-order valence-electron chi connectivity index (χ3n) is 3.13. The summed E-state index contributed by atoms with van der Waals surface area (Å²) in [4.78, 5) is 20.9. The summed E-state index contributed by atoms with van der Waals surface area (Å²) in [6, 6.07) is 12.6. The lowest BCUT2D eigenvalue weighted by molar-refractivity contribution is 0.0988. The van der Waals surface area contributed by atoms with E-state index in [1.54, 1.807) is 18.2 Å². The van der Waals surface area contributed by atoms with Crippen LogP contribution in [0.1, 0.15) is 16.1 Å². The maximum Gasteiger partial charge on any atom is 0.187 e. The van der Waals surface area contributed by atoms with E-state index < -0.39 is 0 Å². The Kier molecular flexibility index (Phi) is 3.86. The van der Waals surface area contributed by atoms with Gasteiger partial charge in [-0.25, -0.2) is 4.98 Å². The zero-order chi connectivity index (χ0) is 14.8. The van der Waals surface area contributed by atoms with Crippen LogP contribution >= 0.6 is 23.2 Å². The average molecular weight is 317 g/mol. The van der Waals surface area contributed by atoms with Crippen LogP contribution in [-0.2, 0) is 6.42 Å². The lowest BCUT2D eigenvalue weighted by Gasteiger charge is -2.06. The van der Waals surface area contributed by atoms with E-state index in [0.717, 1.165) is 5.52 Å². The number of carbonyl (C=O) groups excluding carboxylic acids is 1. The molecule has 1 aromatic heterocycles. The molecule has 21 heavy (non-hydrogen) atoms. The van der Waals surface area contributed by atoms with Gasteiger partial charge in [-0.2, -0.15) is 0 Å². The average Bonchev–Trinajstić information content (AvgIpc) is 2.50. The maximum absolute atomic E-state index is 12.3. The number of nitrogens with zero attached hydrogens (tertiary/aromatic N) is 2. The van der Waals surface area contributed by atoms with Crippen LogP contribution in [0.3, 0.4) is 0 Å². The standard InChI is InChI=1S/C16H10Cl2N2O/c17-11-4-3-5-12(18)10(11)8-16(21)15-9-19-13-6-1-2-7-14(13)20-15/h1-7,9H,8H2. The molecule has 5 heteroatoms. The number of carbonyl (C=O) groups is 1. The lowest BCUT2D eigenvalue weighted by Crippen LogP contribution is -2.07. The van der Waals surface area contributed by atoms with E-state index in [4.69, 9.17) is 23.2 Å². The van der Waals surface area contributed by atoms with Gasteiger partial charge in [0.25, 0.3) is 0 Å². The van der Waals surface area contributed by atoms with Crippen molar-refractivity contribution in [1.29, 1.82) is 0 Å². The van der Waals surface area contributed by atoms with Gasteiger partial charge in [0.1, 0.15) is 5.69 Å². The molecule has 0 amide bonds. The van der Waals surface area contributed by atoms with E-state index in [0.29, 0.717) is 26.8 Å². The number of hydrogen-bond donors (Lipinski definition) is 0. The minimum Gasteiger partial charge on any atom is -0.292 e. The monoisotopic (exact) mass is 316 g/mol. The van der Waals surface area contributed by atoms with Gasteiger partial charge in [-0.15, -0.1) is 0 Å². The molecular formula is C16H10Cl2N2O. The molecule has 0 N–H and O–H groups in total. The molecule has 3 nitrogen and oxygen atoms in total. The van der Waals surface area contributed by atoms with Gasteiger partial charge in [0.15, 0.2) is 5.78 Å². The topological polar surface area (TPSA) is 42.9 Å². The second-order valence-corrected chi connectivity index (χ2v) is 5.36. The number of para-hydroxylation sites is 2. The van der Waals surface area contributed by atoms with Gasteiger partial charge >= 0.3 is 0 Å². The molecule has 0 aliphatic carbocycles. The largest absolute Gasteiger partial charge is 0.292 e. The van der Waals surface area contributed by atoms with Crippen LogP contribution in [0.4, 0.5) is 0 Å². The van der Waals surface area contributed by atoms with Gasteiger partial charge in [0.05, 0.1) is 17.2 Å². The molecule has 1 heterocycles. The second kappa shape index (κ2) is 5.80. The van der Waals surface area contributed by atoms with E-state index >= 15 is 0 Å². The molecule has 2 aromatic carbocycles. The molecule has 0 spiro atoms. The second-order valence-electron chi connectivity index (χ2n) is 4.54. The zero-order valence-corrected chi connectivity index (χ0v) is 12.4. The Labute approximate surface area is 131 Å². The van der Waals surface area contributed by atoms with Gasteiger partial charge in [0.2, 0.25) is 0 Å². The van der Waals surface area contributed by atoms with Crippen molar-refractivity contribution in [2.45, 2.75) is 6.42 Å². The van der Waals surface area contributed by atoms with Crippen LogP contribution in [0.5, 0.6) is 0 Å². The Morgan fingerprint density at radius 1 is 0.952 bits per heavy atom. The first-order valence-corrected chi connectivity index (χ1v) is 7.08. The van der Waals surface area contributed by atoms with Gasteiger partial charge in [-0.05, 0) is 29.8 Å². The Bertz CT molecular complexity index is 813. The summed E-state index contributed by atoms with van der Waals surface area (Å²) in [5, 5.41) is 0.953. The van der Waals surface area contributed by atoms with Gasteiger partial charge in [0, 0.05) is 16.5 Å². The van der Waals surface area contributed by atoms with Crippen LogP contribution < -0.4 is 0 Å². The Balaban J connectivity index is 1.94. The quantitative estimate of drug-likeness (QED) is 0.674. The number of ketones is 1.